The molecule has 1 aliphatic carbocycles. The van der Waals surface area contributed by atoms with E-state index in [1.165, 1.54) is 11.3 Å². The highest BCUT2D eigenvalue weighted by Crippen LogP contribution is 2.43. The van der Waals surface area contributed by atoms with Crippen LogP contribution in [0.1, 0.15) is 29.4 Å². The Morgan fingerprint density at radius 3 is 3.00 bits per heavy atom. The average Bonchev–Trinajstić information content (AvgIpc) is 3.52. The number of aliphatic hydroxyl groups is 1. The van der Waals surface area contributed by atoms with Crippen LogP contribution in [0.4, 0.5) is 5.69 Å². The fraction of sp³-hybridized carbons (Fsp3) is 0.190. The number of aromatic nitrogens is 6. The van der Waals surface area contributed by atoms with Crippen LogP contribution >= 0.6 is 11.3 Å². The summed E-state index contributed by atoms with van der Waals surface area (Å²) in [6.45, 7) is 3.69. The Balaban J connectivity index is 1.42. The van der Waals surface area contributed by atoms with E-state index >= 15 is 0 Å². The van der Waals surface area contributed by atoms with Crippen molar-refractivity contribution in [2.24, 2.45) is 0 Å². The highest BCUT2D eigenvalue weighted by Gasteiger charge is 2.42. The van der Waals surface area contributed by atoms with Crippen molar-refractivity contribution >= 4 is 22.9 Å². The largest absolute Gasteiger partial charge is 0.386 e. The Morgan fingerprint density at radius 1 is 1.42 bits per heavy atom. The Kier molecular flexibility index (Phi) is 4.72. The summed E-state index contributed by atoms with van der Waals surface area (Å²) >= 11 is 1.37. The number of hydrogen-bond acceptors (Lipinski definition) is 7. The van der Waals surface area contributed by atoms with Crippen LogP contribution < -0.4 is 5.32 Å². The third-order valence-electron chi connectivity index (χ3n) is 5.30. The van der Waals surface area contributed by atoms with E-state index < -0.39 is 5.60 Å². The summed E-state index contributed by atoms with van der Waals surface area (Å²) in [4.78, 5) is 21.7. The van der Waals surface area contributed by atoms with E-state index in [1.54, 1.807) is 40.9 Å². The first-order valence-electron chi connectivity index (χ1n) is 9.67. The maximum atomic E-state index is 12.9. The van der Waals surface area contributed by atoms with Gasteiger partial charge in [-0.2, -0.15) is 10.2 Å². The lowest BCUT2D eigenvalue weighted by Crippen LogP contribution is -2.43. The zero-order valence-electron chi connectivity index (χ0n) is 16.4. The first-order valence-corrected chi connectivity index (χ1v) is 10.6. The van der Waals surface area contributed by atoms with Crippen molar-refractivity contribution in [2.75, 3.05) is 5.32 Å². The fourth-order valence-electron chi connectivity index (χ4n) is 3.54. The Labute approximate surface area is 181 Å². The molecule has 1 saturated carbocycles. The van der Waals surface area contributed by atoms with Gasteiger partial charge in [-0.25, -0.2) is 4.98 Å². The summed E-state index contributed by atoms with van der Waals surface area (Å²) in [5, 5.41) is 26.9. The molecule has 0 aromatic carbocycles. The van der Waals surface area contributed by atoms with E-state index in [0.717, 1.165) is 5.56 Å². The van der Waals surface area contributed by atoms with Gasteiger partial charge in [0.2, 0.25) is 0 Å². The van der Waals surface area contributed by atoms with Crippen LogP contribution in [0.25, 0.3) is 22.0 Å². The number of carbonyl (C=O) groups excluding carboxylic acids is 1. The number of hydrogen-bond donors (Lipinski definition) is 3. The van der Waals surface area contributed by atoms with Gasteiger partial charge in [0, 0.05) is 42.4 Å². The molecule has 4 heterocycles. The highest BCUT2D eigenvalue weighted by atomic mass is 32.1. The summed E-state index contributed by atoms with van der Waals surface area (Å²) in [6, 6.07) is 5.54. The van der Waals surface area contributed by atoms with Gasteiger partial charge in [-0.15, -0.1) is 17.9 Å². The number of pyridine rings is 1. The third-order valence-corrected chi connectivity index (χ3v) is 6.19. The van der Waals surface area contributed by atoms with Crippen LogP contribution in [0, 0.1) is 0 Å². The van der Waals surface area contributed by atoms with Crippen molar-refractivity contribution in [3.05, 3.63) is 66.7 Å². The molecule has 0 bridgehead atoms. The Hall–Kier alpha value is -3.63. The number of H-pyrrole nitrogens is 1. The number of thiazole rings is 1. The minimum atomic E-state index is -0.866. The third kappa shape index (κ3) is 3.66. The maximum Gasteiger partial charge on any atom is 0.275 e. The molecule has 0 unspecified atom stereocenters. The number of amides is 1. The minimum absolute atomic E-state index is 0.0167. The minimum Gasteiger partial charge on any atom is -0.386 e. The first-order chi connectivity index (χ1) is 15.0. The molecule has 1 fully saturated rings. The van der Waals surface area contributed by atoms with E-state index in [4.69, 9.17) is 0 Å². The smallest absolute Gasteiger partial charge is 0.275 e. The maximum absolute atomic E-state index is 12.9. The number of carbonyl (C=O) groups is 1. The van der Waals surface area contributed by atoms with Gasteiger partial charge >= 0.3 is 0 Å². The second-order valence-electron chi connectivity index (χ2n) is 7.44. The zero-order valence-corrected chi connectivity index (χ0v) is 17.2. The molecule has 4 aromatic heterocycles. The lowest BCUT2D eigenvalue weighted by atomic mass is 9.76. The van der Waals surface area contributed by atoms with Crippen molar-refractivity contribution in [1.82, 2.24) is 29.9 Å². The summed E-state index contributed by atoms with van der Waals surface area (Å²) in [5.74, 6) is -0.334. The summed E-state index contributed by atoms with van der Waals surface area (Å²) in [7, 11) is 0. The van der Waals surface area contributed by atoms with Crippen LogP contribution in [-0.2, 0) is 0 Å². The number of rotatable bonds is 6. The van der Waals surface area contributed by atoms with E-state index in [0.29, 0.717) is 40.6 Å². The molecule has 5 rings (SSSR count). The lowest BCUT2D eigenvalue weighted by molar-refractivity contribution is -0.0281. The Bertz CT molecular complexity index is 1220. The van der Waals surface area contributed by atoms with Gasteiger partial charge in [-0.1, -0.05) is 12.1 Å². The predicted octanol–water partition coefficient (Wildman–Crippen LogP) is 3.30. The van der Waals surface area contributed by atoms with E-state index in [-0.39, 0.29) is 11.9 Å². The first kappa shape index (κ1) is 19.3. The number of nitrogens with one attached hydrogen (secondary N) is 2. The van der Waals surface area contributed by atoms with E-state index in [1.807, 2.05) is 18.2 Å². The monoisotopic (exact) mass is 433 g/mol. The van der Waals surface area contributed by atoms with Crippen molar-refractivity contribution in [3.8, 4) is 22.0 Å². The number of nitrogens with zero attached hydrogens (tertiary/aromatic N) is 5. The molecule has 3 N–H and O–H groups in total. The van der Waals surface area contributed by atoms with Gasteiger partial charge in [0.25, 0.3) is 5.91 Å². The zero-order chi connectivity index (χ0) is 21.4. The van der Waals surface area contributed by atoms with Crippen LogP contribution in [-0.4, -0.2) is 46.6 Å². The van der Waals surface area contributed by atoms with Crippen molar-refractivity contribution in [2.45, 2.75) is 24.5 Å². The van der Waals surface area contributed by atoms with Crippen LogP contribution in [0.3, 0.4) is 0 Å². The second kappa shape index (κ2) is 7.56. The molecule has 4 aromatic rings. The molecule has 0 radical (unpaired) electrons. The van der Waals surface area contributed by atoms with Gasteiger partial charge in [0.15, 0.2) is 0 Å². The van der Waals surface area contributed by atoms with Gasteiger partial charge in [0.05, 0.1) is 29.2 Å². The van der Waals surface area contributed by atoms with Crippen LogP contribution in [0.15, 0.2) is 61.0 Å². The van der Waals surface area contributed by atoms with Gasteiger partial charge in [-0.3, -0.25) is 19.6 Å². The Morgan fingerprint density at radius 2 is 2.29 bits per heavy atom. The quantitative estimate of drug-likeness (QED) is 0.401. The second-order valence-corrected chi connectivity index (χ2v) is 8.29. The molecule has 0 spiro atoms. The molecular weight excluding hydrogens is 414 g/mol. The summed E-state index contributed by atoms with van der Waals surface area (Å²) in [5.41, 5.74) is 2.02. The predicted molar refractivity (Wildman–Crippen MR) is 117 cm³/mol. The van der Waals surface area contributed by atoms with Gasteiger partial charge in [0.1, 0.15) is 16.4 Å². The summed E-state index contributed by atoms with van der Waals surface area (Å²) in [6.07, 6.45) is 9.45. The lowest BCUT2D eigenvalue weighted by Gasteiger charge is -2.41. The molecule has 1 aliphatic rings. The van der Waals surface area contributed by atoms with E-state index in [9.17, 15) is 9.90 Å². The molecule has 0 atom stereocenters. The molecule has 0 saturated heterocycles. The molecule has 0 aliphatic heterocycles. The SMILES string of the molecule is C=CC1(O)CC(n2cc(NC(=O)c3csc(-c4cn[nH]c4)n3)c(-c3ccccn3)n2)C1. The molecule has 9 nitrogen and oxygen atoms in total. The number of anilines is 1. The topological polar surface area (TPSA) is 122 Å². The molecule has 1 amide bonds. The normalized spacial score (nSPS) is 20.2. The molecular formula is C21H19N7O2S. The van der Waals surface area contributed by atoms with Crippen molar-refractivity contribution in [3.63, 3.8) is 0 Å². The average molecular weight is 433 g/mol. The van der Waals surface area contributed by atoms with Gasteiger partial charge < -0.3 is 10.4 Å². The molecule has 10 heteroatoms. The van der Waals surface area contributed by atoms with E-state index in [2.05, 4.69) is 37.2 Å². The standard InChI is InChI=1S/C21H19N7O2S/c1-2-21(30)7-14(8-21)28-11-16(18(27-28)15-5-3-4-6-22-15)25-19(29)17-12-31-20(26-17)13-9-23-24-10-13/h2-6,9-12,14,30H,1,7-8H2,(H,23,24)(H,25,29). The van der Waals surface area contributed by atoms with Crippen molar-refractivity contribution < 1.29 is 9.90 Å². The fourth-order valence-corrected chi connectivity index (χ4v) is 4.32. The van der Waals surface area contributed by atoms with Crippen LogP contribution in [0.2, 0.25) is 0 Å². The molecule has 156 valence electrons. The highest BCUT2D eigenvalue weighted by molar-refractivity contribution is 7.13. The number of aromatic amines is 1. The van der Waals surface area contributed by atoms with Gasteiger partial charge in [-0.05, 0) is 12.1 Å². The molecule has 31 heavy (non-hydrogen) atoms. The van der Waals surface area contributed by atoms with Crippen molar-refractivity contribution in [1.29, 1.82) is 0 Å². The van der Waals surface area contributed by atoms with Crippen LogP contribution in [0.5, 0.6) is 0 Å². The summed E-state index contributed by atoms with van der Waals surface area (Å²) < 4.78 is 1.77.